The average Bonchev–Trinajstić information content (AvgIpc) is 2.80. The van der Waals surface area contributed by atoms with Crippen molar-refractivity contribution in [1.29, 1.82) is 0 Å². The van der Waals surface area contributed by atoms with E-state index in [4.69, 9.17) is 9.31 Å². The van der Waals surface area contributed by atoms with E-state index in [0.717, 1.165) is 5.46 Å². The van der Waals surface area contributed by atoms with Gasteiger partial charge in [-0.2, -0.15) is 5.10 Å². The maximum absolute atomic E-state index is 11.7. The molecule has 1 N–H and O–H groups in total. The molecule has 2 aromatic rings. The van der Waals surface area contributed by atoms with Crippen LogP contribution in [-0.2, 0) is 9.31 Å². The highest BCUT2D eigenvalue weighted by Gasteiger charge is 2.52. The summed E-state index contributed by atoms with van der Waals surface area (Å²) in [6.07, 6.45) is 3.12. The fraction of sp³-hybridized carbons (Fsp3) is 0.500. The first-order chi connectivity index (χ1) is 8.80. The third-order valence-electron chi connectivity index (χ3n) is 3.96. The van der Waals surface area contributed by atoms with Crippen molar-refractivity contribution < 1.29 is 9.31 Å². The highest BCUT2D eigenvalue weighted by molar-refractivity contribution is 6.62. The second kappa shape index (κ2) is 3.71. The summed E-state index contributed by atoms with van der Waals surface area (Å²) < 4.78 is 13.4. The fourth-order valence-electron chi connectivity index (χ4n) is 2.07. The number of fused-ring (bicyclic) bond motifs is 1. The van der Waals surface area contributed by atoms with Crippen LogP contribution in [0.2, 0.25) is 0 Å². The summed E-state index contributed by atoms with van der Waals surface area (Å²) in [6, 6.07) is 1.74. The van der Waals surface area contributed by atoms with E-state index < -0.39 is 18.3 Å². The first-order valence-corrected chi connectivity index (χ1v) is 6.22. The van der Waals surface area contributed by atoms with E-state index in [-0.39, 0.29) is 5.56 Å². The molecule has 100 valence electrons. The Morgan fingerprint density at radius 3 is 2.47 bits per heavy atom. The minimum Gasteiger partial charge on any atom is -0.399 e. The van der Waals surface area contributed by atoms with Gasteiger partial charge in [0.15, 0.2) is 0 Å². The number of nitrogens with zero attached hydrogens (tertiary/aromatic N) is 2. The molecule has 3 rings (SSSR count). The summed E-state index contributed by atoms with van der Waals surface area (Å²) >= 11 is 0. The Kier molecular flexibility index (Phi) is 2.43. The fourth-order valence-corrected chi connectivity index (χ4v) is 2.07. The molecule has 0 unspecified atom stereocenters. The highest BCUT2D eigenvalue weighted by Crippen LogP contribution is 2.36. The molecule has 3 heterocycles. The van der Waals surface area contributed by atoms with Crippen molar-refractivity contribution in [1.82, 2.24) is 14.6 Å². The summed E-state index contributed by atoms with van der Waals surface area (Å²) in [4.78, 5) is 14.2. The molecule has 0 atom stereocenters. The van der Waals surface area contributed by atoms with E-state index in [1.54, 1.807) is 12.3 Å². The maximum atomic E-state index is 11.7. The Bertz CT molecular complexity index is 673. The van der Waals surface area contributed by atoms with Gasteiger partial charge in [0.25, 0.3) is 5.56 Å². The first kappa shape index (κ1) is 12.4. The van der Waals surface area contributed by atoms with Gasteiger partial charge < -0.3 is 14.3 Å². The number of hydrogen-bond donors (Lipinski definition) is 1. The lowest BCUT2D eigenvalue weighted by molar-refractivity contribution is 0.00578. The Hall–Kier alpha value is -1.60. The molecule has 1 aliphatic heterocycles. The largest absolute Gasteiger partial charge is 0.496 e. The van der Waals surface area contributed by atoms with E-state index in [1.165, 1.54) is 10.8 Å². The van der Waals surface area contributed by atoms with Crippen LogP contribution in [0.4, 0.5) is 0 Å². The molecule has 1 saturated heterocycles. The standard InChI is InChI=1S/C12H16BN3O3/c1-11(2)12(3,4)19-13(18-11)8-5-9-10(17)14-7-15-16(9)6-8/h5-7H,1-4H3,(H,14,15,17). The monoisotopic (exact) mass is 261 g/mol. The van der Waals surface area contributed by atoms with Crippen molar-refractivity contribution in [3.63, 3.8) is 0 Å². The van der Waals surface area contributed by atoms with Crippen molar-refractivity contribution in [3.8, 4) is 0 Å². The van der Waals surface area contributed by atoms with E-state index >= 15 is 0 Å². The van der Waals surface area contributed by atoms with Crippen molar-refractivity contribution in [2.24, 2.45) is 0 Å². The number of rotatable bonds is 1. The zero-order valence-corrected chi connectivity index (χ0v) is 11.4. The molecule has 0 radical (unpaired) electrons. The van der Waals surface area contributed by atoms with Gasteiger partial charge in [0.1, 0.15) is 11.8 Å². The maximum Gasteiger partial charge on any atom is 0.496 e. The van der Waals surface area contributed by atoms with E-state index in [0.29, 0.717) is 5.52 Å². The Morgan fingerprint density at radius 2 is 1.89 bits per heavy atom. The van der Waals surface area contributed by atoms with Crippen LogP contribution in [0.5, 0.6) is 0 Å². The van der Waals surface area contributed by atoms with Crippen LogP contribution < -0.4 is 11.0 Å². The van der Waals surface area contributed by atoms with E-state index in [2.05, 4.69) is 10.1 Å². The van der Waals surface area contributed by atoms with Crippen LogP contribution in [0.25, 0.3) is 5.52 Å². The molecule has 0 bridgehead atoms. The highest BCUT2D eigenvalue weighted by atomic mass is 16.7. The lowest BCUT2D eigenvalue weighted by Crippen LogP contribution is -2.41. The summed E-state index contributed by atoms with van der Waals surface area (Å²) in [5.41, 5.74) is 0.296. The Morgan fingerprint density at radius 1 is 1.26 bits per heavy atom. The lowest BCUT2D eigenvalue weighted by Gasteiger charge is -2.32. The zero-order valence-electron chi connectivity index (χ0n) is 11.4. The van der Waals surface area contributed by atoms with Crippen LogP contribution in [-0.4, -0.2) is 32.9 Å². The number of aromatic amines is 1. The van der Waals surface area contributed by atoms with Gasteiger partial charge in [0.2, 0.25) is 0 Å². The van der Waals surface area contributed by atoms with Gasteiger partial charge in [-0.05, 0) is 33.8 Å². The first-order valence-electron chi connectivity index (χ1n) is 6.22. The topological polar surface area (TPSA) is 68.6 Å². The number of nitrogens with one attached hydrogen (secondary N) is 1. The van der Waals surface area contributed by atoms with E-state index in [9.17, 15) is 4.79 Å². The Labute approximate surface area is 110 Å². The van der Waals surface area contributed by atoms with Crippen molar-refractivity contribution in [3.05, 3.63) is 28.9 Å². The van der Waals surface area contributed by atoms with Gasteiger partial charge in [-0.1, -0.05) is 0 Å². The van der Waals surface area contributed by atoms with Crippen molar-refractivity contribution in [2.75, 3.05) is 0 Å². The molecule has 1 fully saturated rings. The third-order valence-corrected chi connectivity index (χ3v) is 3.96. The molecule has 0 aliphatic carbocycles. The summed E-state index contributed by atoms with van der Waals surface area (Å²) in [5, 5.41) is 4.06. The molecule has 7 heteroatoms. The van der Waals surface area contributed by atoms with Crippen LogP contribution in [0.3, 0.4) is 0 Å². The predicted octanol–water partition coefficient (Wildman–Crippen LogP) is 0.322. The molecule has 0 aromatic carbocycles. The van der Waals surface area contributed by atoms with Gasteiger partial charge in [0.05, 0.1) is 11.2 Å². The summed E-state index contributed by atoms with van der Waals surface area (Å²) in [7, 11) is -0.480. The van der Waals surface area contributed by atoms with Crippen molar-refractivity contribution >= 4 is 18.1 Å². The van der Waals surface area contributed by atoms with Gasteiger partial charge in [-0.3, -0.25) is 4.79 Å². The van der Waals surface area contributed by atoms with Gasteiger partial charge in [-0.25, -0.2) is 4.52 Å². The predicted molar refractivity (Wildman–Crippen MR) is 71.5 cm³/mol. The van der Waals surface area contributed by atoms with Gasteiger partial charge in [0, 0.05) is 11.7 Å². The molecule has 1 aliphatic rings. The minimum atomic E-state index is -0.480. The van der Waals surface area contributed by atoms with Crippen LogP contribution >= 0.6 is 0 Å². The summed E-state index contributed by atoms with van der Waals surface area (Å²) in [5.74, 6) is 0. The number of aromatic nitrogens is 3. The van der Waals surface area contributed by atoms with E-state index in [1.807, 2.05) is 27.7 Å². The normalized spacial score (nSPS) is 21.2. The smallest absolute Gasteiger partial charge is 0.399 e. The second-order valence-electron chi connectivity index (χ2n) is 5.81. The molecule has 19 heavy (non-hydrogen) atoms. The third kappa shape index (κ3) is 1.81. The SMILES string of the molecule is CC1(C)OB(c2cc3c(=O)[nH]cnn3c2)OC1(C)C. The summed E-state index contributed by atoms with van der Waals surface area (Å²) in [6.45, 7) is 7.98. The van der Waals surface area contributed by atoms with Crippen LogP contribution in [0.1, 0.15) is 27.7 Å². The van der Waals surface area contributed by atoms with Crippen LogP contribution in [0, 0.1) is 0 Å². The van der Waals surface area contributed by atoms with Gasteiger partial charge in [-0.15, -0.1) is 0 Å². The lowest BCUT2D eigenvalue weighted by atomic mass is 9.81. The second-order valence-corrected chi connectivity index (χ2v) is 5.81. The zero-order chi connectivity index (χ0) is 13.8. The molecule has 2 aromatic heterocycles. The molecular weight excluding hydrogens is 245 g/mol. The number of hydrogen-bond acceptors (Lipinski definition) is 4. The Balaban J connectivity index is 2.03. The average molecular weight is 261 g/mol. The molecule has 6 nitrogen and oxygen atoms in total. The van der Waals surface area contributed by atoms with Gasteiger partial charge >= 0.3 is 7.12 Å². The molecular formula is C12H16BN3O3. The molecule has 0 saturated carbocycles. The van der Waals surface area contributed by atoms with Crippen LogP contribution in [0.15, 0.2) is 23.4 Å². The quantitative estimate of drug-likeness (QED) is 0.751. The molecule has 0 spiro atoms. The minimum absolute atomic E-state index is 0.183. The number of H-pyrrole nitrogens is 1. The van der Waals surface area contributed by atoms with Crippen molar-refractivity contribution in [2.45, 2.75) is 38.9 Å². The molecule has 0 amide bonds.